The summed E-state index contributed by atoms with van der Waals surface area (Å²) in [5.74, 6) is 7.66. The van der Waals surface area contributed by atoms with Crippen LogP contribution in [0, 0.1) is 39.9 Å². The van der Waals surface area contributed by atoms with E-state index in [4.69, 9.17) is 4.74 Å². The van der Waals surface area contributed by atoms with E-state index in [1.54, 1.807) is 0 Å². The maximum absolute atomic E-state index is 11.2. The molecular weight excluding hydrogens is 278 g/mol. The largest absolute Gasteiger partial charge is 0.466 e. The summed E-state index contributed by atoms with van der Waals surface area (Å²) in [6.45, 7) is 6.78. The van der Waals surface area contributed by atoms with Crippen LogP contribution in [0.15, 0.2) is 5.18 Å². The molecule has 4 heteroatoms. The first-order valence-corrected chi connectivity index (χ1v) is 8.44. The lowest BCUT2D eigenvalue weighted by Gasteiger charge is -2.60. The molecule has 4 unspecified atom stereocenters. The van der Waals surface area contributed by atoms with E-state index >= 15 is 0 Å². The summed E-state index contributed by atoms with van der Waals surface area (Å²) in [7, 11) is 0. The number of unbranched alkanes of at least 4 members (excludes halogenated alkanes) is 1. The average Bonchev–Trinajstić information content (AvgIpc) is 2.50. The summed E-state index contributed by atoms with van der Waals surface area (Å²) < 4.78 is 4.87. The molecule has 4 atom stereocenters. The molecule has 0 aromatic rings. The molecule has 0 radical (unpaired) electrons. The highest BCUT2D eigenvalue weighted by Crippen LogP contribution is 2.61. The molecule has 3 aliphatic rings. The predicted molar refractivity (Wildman–Crippen MR) is 85.9 cm³/mol. The minimum absolute atomic E-state index is 0.0613. The van der Waals surface area contributed by atoms with Crippen molar-refractivity contribution in [1.82, 2.24) is 0 Å². The zero-order valence-corrected chi connectivity index (χ0v) is 13.9. The van der Waals surface area contributed by atoms with Crippen LogP contribution >= 0.6 is 0 Å². The van der Waals surface area contributed by atoms with E-state index in [1.165, 1.54) is 0 Å². The summed E-state index contributed by atoms with van der Waals surface area (Å²) in [5.41, 5.74) is 0.280. The van der Waals surface area contributed by atoms with Crippen molar-refractivity contribution in [3.05, 3.63) is 4.91 Å². The second kappa shape index (κ2) is 7.26. The van der Waals surface area contributed by atoms with Gasteiger partial charge in [-0.25, -0.2) is 0 Å². The molecule has 4 nitrogen and oxygen atoms in total. The van der Waals surface area contributed by atoms with Crippen molar-refractivity contribution in [3.8, 4) is 11.8 Å². The zero-order valence-electron chi connectivity index (χ0n) is 13.9. The zero-order chi connectivity index (χ0) is 16.2. The lowest BCUT2D eigenvalue weighted by Crippen LogP contribution is -2.57. The fraction of sp³-hybridized carbons (Fsp3) is 0.833. The van der Waals surface area contributed by atoms with E-state index in [-0.39, 0.29) is 17.4 Å². The van der Waals surface area contributed by atoms with Gasteiger partial charge >= 0.3 is 5.97 Å². The van der Waals surface area contributed by atoms with Gasteiger partial charge in [0.15, 0.2) is 0 Å². The van der Waals surface area contributed by atoms with E-state index in [0.717, 1.165) is 31.6 Å². The first-order chi connectivity index (χ1) is 10.5. The topological polar surface area (TPSA) is 55.7 Å². The number of carbonyl (C=O) groups is 1. The van der Waals surface area contributed by atoms with E-state index in [2.05, 4.69) is 30.9 Å². The van der Waals surface area contributed by atoms with Gasteiger partial charge in [0.1, 0.15) is 0 Å². The number of rotatable bonds is 6. The second-order valence-corrected chi connectivity index (χ2v) is 7.17. The van der Waals surface area contributed by atoms with Crippen LogP contribution in [0.2, 0.25) is 0 Å². The van der Waals surface area contributed by atoms with Crippen LogP contribution in [0.3, 0.4) is 0 Å². The molecule has 3 aliphatic carbocycles. The minimum Gasteiger partial charge on any atom is -0.466 e. The smallest absolute Gasteiger partial charge is 0.305 e. The Morgan fingerprint density at radius 3 is 2.73 bits per heavy atom. The molecule has 0 N–H and O–H groups in total. The first kappa shape index (κ1) is 17.0. The molecular formula is C18H27NO3. The van der Waals surface area contributed by atoms with Crippen LogP contribution in [0.1, 0.15) is 59.3 Å². The predicted octanol–water partition coefficient (Wildman–Crippen LogP) is 3.93. The quantitative estimate of drug-likeness (QED) is 0.323. The van der Waals surface area contributed by atoms with Crippen molar-refractivity contribution in [2.45, 2.75) is 65.3 Å². The van der Waals surface area contributed by atoms with Gasteiger partial charge in [-0.15, -0.1) is 11.8 Å². The highest BCUT2D eigenvalue weighted by Gasteiger charge is 2.58. The third-order valence-corrected chi connectivity index (χ3v) is 5.63. The van der Waals surface area contributed by atoms with Crippen LogP contribution in [-0.2, 0) is 9.53 Å². The number of hydrogen-bond donors (Lipinski definition) is 0. The average molecular weight is 305 g/mol. The molecule has 0 amide bonds. The van der Waals surface area contributed by atoms with Gasteiger partial charge in [0.05, 0.1) is 12.6 Å². The van der Waals surface area contributed by atoms with Gasteiger partial charge in [0.25, 0.3) is 0 Å². The van der Waals surface area contributed by atoms with Gasteiger partial charge in [-0.2, -0.15) is 4.91 Å². The lowest BCUT2D eigenvalue weighted by molar-refractivity contribution is -0.143. The molecule has 0 aromatic carbocycles. The van der Waals surface area contributed by atoms with Gasteiger partial charge in [0, 0.05) is 19.3 Å². The summed E-state index contributed by atoms with van der Waals surface area (Å²) >= 11 is 0. The number of hydrogen-bond acceptors (Lipinski definition) is 4. The van der Waals surface area contributed by atoms with Gasteiger partial charge in [0.2, 0.25) is 0 Å². The summed E-state index contributed by atoms with van der Waals surface area (Å²) in [6, 6.07) is -0.0613. The summed E-state index contributed by atoms with van der Waals surface area (Å²) in [5, 5.41) is 3.42. The highest BCUT2D eigenvalue weighted by molar-refractivity contribution is 5.69. The van der Waals surface area contributed by atoms with Crippen LogP contribution in [0.4, 0.5) is 0 Å². The fourth-order valence-electron chi connectivity index (χ4n) is 4.08. The van der Waals surface area contributed by atoms with Crippen molar-refractivity contribution in [2.75, 3.05) is 6.61 Å². The Morgan fingerprint density at radius 2 is 2.09 bits per heavy atom. The normalized spacial score (nSPS) is 31.4. The number of carbonyl (C=O) groups excluding carboxylic acids is 1. The molecule has 0 spiro atoms. The molecule has 3 saturated carbocycles. The number of nitroso groups, excluding NO2 is 1. The molecule has 0 saturated heterocycles. The van der Waals surface area contributed by atoms with Crippen molar-refractivity contribution >= 4 is 5.97 Å². The Bertz CT molecular complexity index is 474. The Hall–Kier alpha value is -1.37. The maximum atomic E-state index is 11.2. The first-order valence-electron chi connectivity index (χ1n) is 8.44. The lowest BCUT2D eigenvalue weighted by atomic mass is 9.45. The number of nitrogens with zero attached hydrogens (tertiary/aromatic N) is 1. The van der Waals surface area contributed by atoms with Crippen LogP contribution in [-0.4, -0.2) is 18.6 Å². The highest BCUT2D eigenvalue weighted by atomic mass is 16.5. The van der Waals surface area contributed by atoms with Crippen molar-refractivity contribution in [1.29, 1.82) is 0 Å². The van der Waals surface area contributed by atoms with Gasteiger partial charge < -0.3 is 4.74 Å². The monoisotopic (exact) mass is 305 g/mol. The molecule has 3 fully saturated rings. The van der Waals surface area contributed by atoms with Crippen LogP contribution < -0.4 is 0 Å². The maximum Gasteiger partial charge on any atom is 0.305 e. The van der Waals surface area contributed by atoms with E-state index < -0.39 is 0 Å². The van der Waals surface area contributed by atoms with E-state index in [0.29, 0.717) is 31.3 Å². The molecule has 0 heterocycles. The SMILES string of the molecule is CCOC(=O)CCCC#CCC1CC2CC(C1N=O)C2(C)C. The number of esters is 1. The standard InChI is InChI=1S/C18H27NO3/c1-4-22-16(20)10-8-6-5-7-9-13-11-14-12-15(17(13)19-21)18(14,2)3/h13-15,17H,4,6,8-12H2,1-3H3. The Kier molecular flexibility index (Phi) is 5.61. The van der Waals surface area contributed by atoms with E-state index in [1.807, 2.05) is 6.92 Å². The van der Waals surface area contributed by atoms with Gasteiger partial charge in [-0.1, -0.05) is 19.0 Å². The Labute approximate surface area is 133 Å². The number of ether oxygens (including phenoxy) is 1. The van der Waals surface area contributed by atoms with Crippen molar-refractivity contribution in [3.63, 3.8) is 0 Å². The van der Waals surface area contributed by atoms with E-state index in [9.17, 15) is 9.70 Å². The van der Waals surface area contributed by atoms with Gasteiger partial charge in [-0.05, 0) is 49.4 Å². The second-order valence-electron chi connectivity index (χ2n) is 7.17. The molecule has 0 aliphatic heterocycles. The van der Waals surface area contributed by atoms with Gasteiger partial charge in [-0.3, -0.25) is 4.79 Å². The molecule has 3 rings (SSSR count). The fourth-order valence-corrected chi connectivity index (χ4v) is 4.08. The molecule has 22 heavy (non-hydrogen) atoms. The third kappa shape index (κ3) is 3.51. The van der Waals surface area contributed by atoms with Crippen molar-refractivity contribution < 1.29 is 9.53 Å². The Balaban J connectivity index is 1.73. The van der Waals surface area contributed by atoms with Crippen molar-refractivity contribution in [2.24, 2.45) is 28.3 Å². The minimum atomic E-state index is -0.149. The number of fused-ring (bicyclic) bond motifs is 2. The third-order valence-electron chi connectivity index (χ3n) is 5.63. The summed E-state index contributed by atoms with van der Waals surface area (Å²) in [6.07, 6.45) is 4.89. The van der Waals surface area contributed by atoms with Crippen LogP contribution in [0.5, 0.6) is 0 Å². The van der Waals surface area contributed by atoms with Crippen LogP contribution in [0.25, 0.3) is 0 Å². The molecule has 122 valence electrons. The summed E-state index contributed by atoms with van der Waals surface area (Å²) in [4.78, 5) is 22.4. The molecule has 0 aromatic heterocycles. The Morgan fingerprint density at radius 1 is 1.32 bits per heavy atom. The molecule has 2 bridgehead atoms.